The Balaban J connectivity index is 0.000000189. The molecule has 0 radical (unpaired) electrons. The molecule has 1 fully saturated rings. The summed E-state index contributed by atoms with van der Waals surface area (Å²) in [4.78, 5) is 0. The first-order chi connectivity index (χ1) is 5.50. The van der Waals surface area contributed by atoms with E-state index in [4.69, 9.17) is 0 Å². The number of rotatable bonds is 0. The minimum absolute atomic E-state index is 0. The van der Waals surface area contributed by atoms with Gasteiger partial charge >= 0.3 is 0 Å². The molecule has 2 aliphatic carbocycles. The molecule has 0 aromatic heterocycles. The van der Waals surface area contributed by atoms with E-state index < -0.39 is 0 Å². The van der Waals surface area contributed by atoms with Gasteiger partial charge in [0, 0.05) is 21.7 Å². The normalized spacial score (nSPS) is 19.3. The second-order valence-corrected chi connectivity index (χ2v) is 3.12. The maximum absolute atomic E-state index is 2.99. The molecule has 2 rings (SSSR count). The van der Waals surface area contributed by atoms with E-state index in [1.54, 1.807) is 0 Å². The van der Waals surface area contributed by atoms with Crippen molar-refractivity contribution in [2.75, 3.05) is 0 Å². The molecule has 1 heteroatoms. The van der Waals surface area contributed by atoms with Crippen molar-refractivity contribution in [3.63, 3.8) is 0 Å². The van der Waals surface area contributed by atoms with Gasteiger partial charge in [-0.25, -0.2) is 12.2 Å². The molecular formula is C11H17Ti-. The molecule has 0 heterocycles. The molecule has 1 saturated carbocycles. The summed E-state index contributed by atoms with van der Waals surface area (Å²) >= 11 is 0. The van der Waals surface area contributed by atoms with E-state index >= 15 is 0 Å². The van der Waals surface area contributed by atoms with Crippen LogP contribution < -0.4 is 0 Å². The Bertz CT molecular complexity index is 110. The largest absolute Gasteiger partial charge is 0.273 e. The SMILES string of the molecule is C1CCCCC1.[C-]1=CC=CC1.[Ti]. The van der Waals surface area contributed by atoms with Crippen LogP contribution in [-0.2, 0) is 21.7 Å². The number of hydrogen-bond donors (Lipinski definition) is 0. The minimum Gasteiger partial charge on any atom is -0.273 e. The van der Waals surface area contributed by atoms with Crippen molar-refractivity contribution < 1.29 is 21.7 Å². The average Bonchev–Trinajstić information content (AvgIpc) is 2.64. The second kappa shape index (κ2) is 9.28. The molecular weight excluding hydrogens is 180 g/mol. The Hall–Kier alpha value is 0.194. The molecule has 0 spiro atoms. The maximum Gasteiger partial charge on any atom is 0 e. The standard InChI is InChI=1S/C6H12.C5H5.Ti/c1-2-4-6-5-3-1;1-2-4-5-3-1;/h1-6H2;1-3H,4H2;/q;-1;. The summed E-state index contributed by atoms with van der Waals surface area (Å²) in [7, 11) is 0. The fourth-order valence-electron chi connectivity index (χ4n) is 1.40. The van der Waals surface area contributed by atoms with Gasteiger partial charge in [0.25, 0.3) is 0 Å². The van der Waals surface area contributed by atoms with Gasteiger partial charge < -0.3 is 0 Å². The molecule has 0 bridgehead atoms. The van der Waals surface area contributed by atoms with Gasteiger partial charge in [-0.15, -0.1) is 6.42 Å². The molecule has 2 aliphatic rings. The van der Waals surface area contributed by atoms with Crippen LogP contribution in [0.15, 0.2) is 18.2 Å². The molecule has 0 nitrogen and oxygen atoms in total. The van der Waals surface area contributed by atoms with Crippen LogP contribution in [0.25, 0.3) is 0 Å². The zero-order chi connectivity index (χ0) is 7.78. The van der Waals surface area contributed by atoms with Crippen molar-refractivity contribution in [1.29, 1.82) is 0 Å². The Morgan fingerprint density at radius 2 is 1.33 bits per heavy atom. The van der Waals surface area contributed by atoms with E-state index in [1.807, 2.05) is 12.2 Å². The maximum atomic E-state index is 2.99. The van der Waals surface area contributed by atoms with Gasteiger partial charge in [-0.1, -0.05) is 38.5 Å². The second-order valence-electron chi connectivity index (χ2n) is 3.12. The Morgan fingerprint density at radius 1 is 0.833 bits per heavy atom. The predicted molar refractivity (Wildman–Crippen MR) is 49.3 cm³/mol. The number of hydrogen-bond acceptors (Lipinski definition) is 0. The van der Waals surface area contributed by atoms with Gasteiger partial charge in [0.2, 0.25) is 0 Å². The van der Waals surface area contributed by atoms with E-state index in [-0.39, 0.29) is 21.7 Å². The van der Waals surface area contributed by atoms with Crippen LogP contribution in [-0.4, -0.2) is 0 Å². The van der Waals surface area contributed by atoms with Gasteiger partial charge in [-0.05, 0) is 0 Å². The van der Waals surface area contributed by atoms with Gasteiger partial charge in [0.15, 0.2) is 0 Å². The first kappa shape index (κ1) is 12.2. The zero-order valence-electron chi connectivity index (χ0n) is 7.68. The van der Waals surface area contributed by atoms with E-state index in [1.165, 1.54) is 38.5 Å². The smallest absolute Gasteiger partial charge is 0 e. The van der Waals surface area contributed by atoms with E-state index in [0.29, 0.717) is 0 Å². The van der Waals surface area contributed by atoms with Crippen LogP contribution in [0.2, 0.25) is 0 Å². The Kier molecular flexibility index (Phi) is 9.43. The third kappa shape index (κ3) is 6.88. The summed E-state index contributed by atoms with van der Waals surface area (Å²) in [6.07, 6.45) is 19.0. The van der Waals surface area contributed by atoms with E-state index in [2.05, 4.69) is 12.2 Å². The molecule has 0 N–H and O–H groups in total. The first-order valence-corrected chi connectivity index (χ1v) is 4.72. The average molecular weight is 197 g/mol. The van der Waals surface area contributed by atoms with Crippen LogP contribution in [0.4, 0.5) is 0 Å². The molecule has 12 heavy (non-hydrogen) atoms. The van der Waals surface area contributed by atoms with Crippen LogP contribution in [0.3, 0.4) is 0 Å². The van der Waals surface area contributed by atoms with Crippen LogP contribution >= 0.6 is 0 Å². The van der Waals surface area contributed by atoms with E-state index in [9.17, 15) is 0 Å². The van der Waals surface area contributed by atoms with Crippen molar-refractivity contribution in [3.05, 3.63) is 24.3 Å². The van der Waals surface area contributed by atoms with Gasteiger partial charge in [-0.3, -0.25) is 6.08 Å². The van der Waals surface area contributed by atoms with Gasteiger partial charge in [0.1, 0.15) is 0 Å². The van der Waals surface area contributed by atoms with Crippen molar-refractivity contribution in [2.24, 2.45) is 0 Å². The van der Waals surface area contributed by atoms with Crippen LogP contribution in [0.1, 0.15) is 44.9 Å². The Labute approximate surface area is 91.0 Å². The monoisotopic (exact) mass is 197 g/mol. The van der Waals surface area contributed by atoms with Crippen molar-refractivity contribution in [3.8, 4) is 0 Å². The summed E-state index contributed by atoms with van der Waals surface area (Å²) in [6, 6.07) is 0. The molecule has 0 amide bonds. The van der Waals surface area contributed by atoms with Gasteiger partial charge in [0.05, 0.1) is 0 Å². The molecule has 0 atom stereocenters. The minimum atomic E-state index is 0. The van der Waals surface area contributed by atoms with Crippen LogP contribution in [0.5, 0.6) is 0 Å². The van der Waals surface area contributed by atoms with Crippen molar-refractivity contribution in [1.82, 2.24) is 0 Å². The molecule has 66 valence electrons. The third-order valence-electron chi connectivity index (χ3n) is 2.09. The van der Waals surface area contributed by atoms with Gasteiger partial charge in [-0.2, -0.15) is 6.08 Å². The van der Waals surface area contributed by atoms with Crippen molar-refractivity contribution >= 4 is 0 Å². The summed E-state index contributed by atoms with van der Waals surface area (Å²) in [5, 5.41) is 0. The first-order valence-electron chi connectivity index (χ1n) is 4.72. The van der Waals surface area contributed by atoms with Crippen molar-refractivity contribution in [2.45, 2.75) is 44.9 Å². The predicted octanol–water partition coefficient (Wildman–Crippen LogP) is 3.64. The summed E-state index contributed by atoms with van der Waals surface area (Å²) in [5.41, 5.74) is 0. The molecule has 0 saturated heterocycles. The van der Waals surface area contributed by atoms with E-state index in [0.717, 1.165) is 6.42 Å². The molecule has 0 aromatic carbocycles. The molecule has 0 aromatic rings. The summed E-state index contributed by atoms with van der Waals surface area (Å²) in [6.45, 7) is 0. The number of allylic oxidation sites excluding steroid dienone is 4. The third-order valence-corrected chi connectivity index (χ3v) is 2.09. The summed E-state index contributed by atoms with van der Waals surface area (Å²) in [5.74, 6) is 0. The fraction of sp³-hybridized carbons (Fsp3) is 0.636. The quantitative estimate of drug-likeness (QED) is 0.410. The molecule has 0 unspecified atom stereocenters. The Morgan fingerprint density at radius 3 is 1.50 bits per heavy atom. The molecule has 0 aliphatic heterocycles. The van der Waals surface area contributed by atoms with Crippen LogP contribution in [0, 0.1) is 6.08 Å². The fourth-order valence-corrected chi connectivity index (χ4v) is 1.40. The zero-order valence-corrected chi connectivity index (χ0v) is 9.24. The topological polar surface area (TPSA) is 0 Å². The summed E-state index contributed by atoms with van der Waals surface area (Å²) < 4.78 is 0.